The van der Waals surface area contributed by atoms with E-state index >= 15 is 0 Å². The zero-order valence-electron chi connectivity index (χ0n) is 11.1. The molecule has 100 valence electrons. The highest BCUT2D eigenvalue weighted by Crippen LogP contribution is 2.24. The molecule has 4 heteroatoms. The molecule has 0 aliphatic heterocycles. The molecule has 1 amide bonds. The molecule has 0 bridgehead atoms. The SMILES string of the molecule is CC1CCCCC1NC(=O)c1nc2ccccc2[nH]1. The molecule has 2 aromatic rings. The van der Waals surface area contributed by atoms with E-state index < -0.39 is 0 Å². The quantitative estimate of drug-likeness (QED) is 0.869. The third-order valence-electron chi connectivity index (χ3n) is 4.03. The molecule has 1 aromatic carbocycles. The summed E-state index contributed by atoms with van der Waals surface area (Å²) in [5.74, 6) is 0.885. The van der Waals surface area contributed by atoms with Gasteiger partial charge in [0.05, 0.1) is 11.0 Å². The Hall–Kier alpha value is -1.84. The van der Waals surface area contributed by atoms with Crippen molar-refractivity contribution in [2.75, 3.05) is 0 Å². The van der Waals surface area contributed by atoms with E-state index in [-0.39, 0.29) is 11.9 Å². The normalized spacial score (nSPS) is 23.4. The number of rotatable bonds is 2. The molecule has 1 aliphatic rings. The van der Waals surface area contributed by atoms with Crippen molar-refractivity contribution < 1.29 is 4.79 Å². The fraction of sp³-hybridized carbons (Fsp3) is 0.467. The molecule has 2 atom stereocenters. The summed E-state index contributed by atoms with van der Waals surface area (Å²) in [6.45, 7) is 2.21. The lowest BCUT2D eigenvalue weighted by Gasteiger charge is -2.29. The molecule has 3 rings (SSSR count). The maximum atomic E-state index is 12.2. The van der Waals surface area contributed by atoms with E-state index in [1.54, 1.807) is 0 Å². The van der Waals surface area contributed by atoms with Crippen molar-refractivity contribution >= 4 is 16.9 Å². The second-order valence-corrected chi connectivity index (χ2v) is 5.44. The Morgan fingerprint density at radius 3 is 2.89 bits per heavy atom. The summed E-state index contributed by atoms with van der Waals surface area (Å²) in [7, 11) is 0. The molecule has 2 unspecified atom stereocenters. The van der Waals surface area contributed by atoms with Gasteiger partial charge in [-0.05, 0) is 30.9 Å². The van der Waals surface area contributed by atoms with Crippen molar-refractivity contribution in [3.05, 3.63) is 30.1 Å². The first-order chi connectivity index (χ1) is 9.24. The number of H-pyrrole nitrogens is 1. The number of hydrogen-bond acceptors (Lipinski definition) is 2. The van der Waals surface area contributed by atoms with Crippen LogP contribution < -0.4 is 5.32 Å². The van der Waals surface area contributed by atoms with Gasteiger partial charge in [0, 0.05) is 6.04 Å². The third-order valence-corrected chi connectivity index (χ3v) is 4.03. The Labute approximate surface area is 112 Å². The van der Waals surface area contributed by atoms with Crippen LogP contribution in [0.3, 0.4) is 0 Å². The van der Waals surface area contributed by atoms with Gasteiger partial charge in [-0.2, -0.15) is 0 Å². The molecule has 19 heavy (non-hydrogen) atoms. The average molecular weight is 257 g/mol. The molecule has 1 fully saturated rings. The van der Waals surface area contributed by atoms with Gasteiger partial charge in [-0.3, -0.25) is 4.79 Å². The van der Waals surface area contributed by atoms with Crippen molar-refractivity contribution in [3.8, 4) is 0 Å². The number of carbonyl (C=O) groups is 1. The number of aromatic amines is 1. The third kappa shape index (κ3) is 2.48. The van der Waals surface area contributed by atoms with Crippen LogP contribution in [0.5, 0.6) is 0 Å². The lowest BCUT2D eigenvalue weighted by atomic mass is 9.86. The molecule has 4 nitrogen and oxygen atoms in total. The van der Waals surface area contributed by atoms with Crippen LogP contribution >= 0.6 is 0 Å². The standard InChI is InChI=1S/C15H19N3O/c1-10-6-2-3-7-11(10)18-15(19)14-16-12-8-4-5-9-13(12)17-14/h4-5,8-11H,2-3,6-7H2,1H3,(H,16,17)(H,18,19). The van der Waals surface area contributed by atoms with Crippen LogP contribution in [-0.4, -0.2) is 21.9 Å². The minimum Gasteiger partial charge on any atom is -0.346 e. The molecular formula is C15H19N3O. The highest BCUT2D eigenvalue weighted by molar-refractivity contribution is 5.94. The van der Waals surface area contributed by atoms with E-state index in [1.807, 2.05) is 24.3 Å². The minimum atomic E-state index is -0.0880. The van der Waals surface area contributed by atoms with Crippen LogP contribution in [0.2, 0.25) is 0 Å². The highest BCUT2D eigenvalue weighted by Gasteiger charge is 2.24. The van der Waals surface area contributed by atoms with Crippen LogP contribution in [0.15, 0.2) is 24.3 Å². The lowest BCUT2D eigenvalue weighted by Crippen LogP contribution is -2.41. The predicted molar refractivity (Wildman–Crippen MR) is 75.0 cm³/mol. The summed E-state index contributed by atoms with van der Waals surface area (Å²) >= 11 is 0. The Bertz CT molecular complexity index is 557. The van der Waals surface area contributed by atoms with E-state index in [9.17, 15) is 4.79 Å². The second-order valence-electron chi connectivity index (χ2n) is 5.44. The van der Waals surface area contributed by atoms with Gasteiger partial charge < -0.3 is 10.3 Å². The van der Waals surface area contributed by atoms with Gasteiger partial charge in [0.15, 0.2) is 5.82 Å². The van der Waals surface area contributed by atoms with Crippen LogP contribution in [0, 0.1) is 5.92 Å². The summed E-state index contributed by atoms with van der Waals surface area (Å²) in [5.41, 5.74) is 1.74. The number of carbonyl (C=O) groups excluding carboxylic acids is 1. The van der Waals surface area contributed by atoms with Gasteiger partial charge in [-0.15, -0.1) is 0 Å². The maximum Gasteiger partial charge on any atom is 0.287 e. The van der Waals surface area contributed by atoms with Gasteiger partial charge in [0.2, 0.25) is 0 Å². The van der Waals surface area contributed by atoms with Gasteiger partial charge in [-0.25, -0.2) is 4.98 Å². The molecule has 1 saturated carbocycles. The lowest BCUT2D eigenvalue weighted by molar-refractivity contribution is 0.0901. The largest absolute Gasteiger partial charge is 0.346 e. The number of amides is 1. The number of benzene rings is 1. The summed E-state index contributed by atoms with van der Waals surface area (Å²) in [6.07, 6.45) is 4.76. The summed E-state index contributed by atoms with van der Waals surface area (Å²) in [6, 6.07) is 7.99. The van der Waals surface area contributed by atoms with Crippen LogP contribution in [0.4, 0.5) is 0 Å². The van der Waals surface area contributed by atoms with E-state index in [4.69, 9.17) is 0 Å². The summed E-state index contributed by atoms with van der Waals surface area (Å²) in [5, 5.41) is 3.11. The number of fused-ring (bicyclic) bond motifs is 1. The first-order valence-corrected chi connectivity index (χ1v) is 6.99. The van der Waals surface area contributed by atoms with Crippen molar-refractivity contribution in [2.45, 2.75) is 38.6 Å². The Kier molecular flexibility index (Phi) is 3.23. The van der Waals surface area contributed by atoms with Crippen LogP contribution in [0.1, 0.15) is 43.2 Å². The molecular weight excluding hydrogens is 238 g/mol. The highest BCUT2D eigenvalue weighted by atomic mass is 16.2. The zero-order valence-corrected chi connectivity index (χ0v) is 11.1. The Morgan fingerprint density at radius 2 is 2.11 bits per heavy atom. The number of nitrogens with one attached hydrogen (secondary N) is 2. The molecule has 1 aliphatic carbocycles. The van der Waals surface area contributed by atoms with Gasteiger partial charge in [0.25, 0.3) is 5.91 Å². The molecule has 0 saturated heterocycles. The van der Waals surface area contributed by atoms with Crippen molar-refractivity contribution in [2.24, 2.45) is 5.92 Å². The van der Waals surface area contributed by atoms with Crippen molar-refractivity contribution in [1.29, 1.82) is 0 Å². The number of aromatic nitrogens is 2. The smallest absolute Gasteiger partial charge is 0.287 e. The Morgan fingerprint density at radius 1 is 1.32 bits per heavy atom. The zero-order chi connectivity index (χ0) is 13.2. The van der Waals surface area contributed by atoms with E-state index in [0.717, 1.165) is 17.5 Å². The number of nitrogens with zero attached hydrogens (tertiary/aromatic N) is 1. The van der Waals surface area contributed by atoms with Gasteiger partial charge in [-0.1, -0.05) is 31.9 Å². The predicted octanol–water partition coefficient (Wildman–Crippen LogP) is 2.87. The fourth-order valence-corrected chi connectivity index (χ4v) is 2.83. The Balaban J connectivity index is 1.76. The van der Waals surface area contributed by atoms with Crippen LogP contribution in [0.25, 0.3) is 11.0 Å². The molecule has 2 N–H and O–H groups in total. The molecule has 0 radical (unpaired) electrons. The number of imidazole rings is 1. The average Bonchev–Trinajstić information content (AvgIpc) is 2.85. The fourth-order valence-electron chi connectivity index (χ4n) is 2.83. The molecule has 0 spiro atoms. The van der Waals surface area contributed by atoms with Crippen molar-refractivity contribution in [1.82, 2.24) is 15.3 Å². The number of hydrogen-bond donors (Lipinski definition) is 2. The monoisotopic (exact) mass is 257 g/mol. The van der Waals surface area contributed by atoms with Gasteiger partial charge >= 0.3 is 0 Å². The summed E-state index contributed by atoms with van der Waals surface area (Å²) in [4.78, 5) is 19.6. The maximum absolute atomic E-state index is 12.2. The second kappa shape index (κ2) is 5.03. The molecule has 1 heterocycles. The van der Waals surface area contributed by atoms with E-state index in [0.29, 0.717) is 11.7 Å². The summed E-state index contributed by atoms with van der Waals surface area (Å²) < 4.78 is 0. The topological polar surface area (TPSA) is 57.8 Å². The van der Waals surface area contributed by atoms with Crippen molar-refractivity contribution in [3.63, 3.8) is 0 Å². The first-order valence-electron chi connectivity index (χ1n) is 6.99. The minimum absolute atomic E-state index is 0.0880. The van der Waals surface area contributed by atoms with Gasteiger partial charge in [0.1, 0.15) is 0 Å². The number of para-hydroxylation sites is 2. The van der Waals surface area contributed by atoms with E-state index in [2.05, 4.69) is 22.2 Å². The first kappa shape index (κ1) is 12.2. The van der Waals surface area contributed by atoms with E-state index in [1.165, 1.54) is 19.3 Å². The molecule has 1 aromatic heterocycles. The van der Waals surface area contributed by atoms with Crippen LogP contribution in [-0.2, 0) is 0 Å².